The number of hydrogen-bond donors (Lipinski definition) is 0. The number of benzene rings is 1. The second-order valence-corrected chi connectivity index (χ2v) is 7.08. The van der Waals surface area contributed by atoms with Crippen LogP contribution in [0.2, 0.25) is 5.02 Å². The molecule has 1 aromatic rings. The van der Waals surface area contributed by atoms with E-state index in [0.717, 1.165) is 22.8 Å². The van der Waals surface area contributed by atoms with Gasteiger partial charge in [-0.15, -0.1) is 0 Å². The summed E-state index contributed by atoms with van der Waals surface area (Å²) in [5, 5.41) is 1.01. The van der Waals surface area contributed by atoms with E-state index in [1.807, 2.05) is 0 Å². The average molecular weight is 247 g/mol. The lowest BCUT2D eigenvalue weighted by molar-refractivity contribution is -0.00513. The van der Waals surface area contributed by atoms with Crippen molar-refractivity contribution in [3.05, 3.63) is 34.9 Å². The van der Waals surface area contributed by atoms with Gasteiger partial charge in [0.2, 0.25) is 0 Å². The molecule has 0 unspecified atom stereocenters. The third kappa shape index (κ3) is 1.50. The van der Waals surface area contributed by atoms with Crippen LogP contribution in [0.15, 0.2) is 24.3 Å². The van der Waals surface area contributed by atoms with E-state index in [1.165, 1.54) is 44.1 Å². The van der Waals surface area contributed by atoms with Gasteiger partial charge >= 0.3 is 0 Å². The molecule has 0 nitrogen and oxygen atoms in total. The molecule has 0 saturated heterocycles. The Morgan fingerprint density at radius 2 is 1.41 bits per heavy atom. The molecule has 0 radical (unpaired) electrons. The van der Waals surface area contributed by atoms with E-state index in [1.54, 1.807) is 0 Å². The highest BCUT2D eigenvalue weighted by Crippen LogP contribution is 2.61. The maximum absolute atomic E-state index is 6.46. The Labute approximate surface area is 108 Å². The zero-order valence-corrected chi connectivity index (χ0v) is 10.9. The maximum Gasteiger partial charge on any atom is 0.0443 e. The number of rotatable bonds is 1. The summed E-state index contributed by atoms with van der Waals surface area (Å²) in [5.41, 5.74) is 1.91. The molecule has 0 aromatic heterocycles. The van der Waals surface area contributed by atoms with Crippen molar-refractivity contribution >= 4 is 11.6 Å². The molecule has 4 aliphatic carbocycles. The Morgan fingerprint density at radius 3 is 1.94 bits per heavy atom. The fourth-order valence-corrected chi connectivity index (χ4v) is 5.67. The minimum absolute atomic E-state index is 0.451. The van der Waals surface area contributed by atoms with Crippen molar-refractivity contribution < 1.29 is 0 Å². The van der Waals surface area contributed by atoms with Gasteiger partial charge in [0.05, 0.1) is 0 Å². The maximum atomic E-state index is 6.46. The smallest absolute Gasteiger partial charge is 0.0443 e. The largest absolute Gasteiger partial charge is 0.0840 e. The van der Waals surface area contributed by atoms with Gasteiger partial charge in [-0.05, 0) is 73.3 Å². The molecule has 4 saturated carbocycles. The summed E-state index contributed by atoms with van der Waals surface area (Å²) in [6.07, 6.45) is 8.73. The Morgan fingerprint density at radius 1 is 0.882 bits per heavy atom. The monoisotopic (exact) mass is 246 g/mol. The van der Waals surface area contributed by atoms with Crippen LogP contribution in [-0.2, 0) is 5.41 Å². The summed E-state index contributed by atoms with van der Waals surface area (Å²) in [6, 6.07) is 8.59. The summed E-state index contributed by atoms with van der Waals surface area (Å²) < 4.78 is 0. The van der Waals surface area contributed by atoms with Crippen LogP contribution < -0.4 is 0 Å². The van der Waals surface area contributed by atoms with Crippen LogP contribution in [-0.4, -0.2) is 0 Å². The molecule has 4 bridgehead atoms. The molecule has 0 spiro atoms. The Hall–Kier alpha value is -0.490. The zero-order chi connectivity index (χ0) is 11.5. The standard InChI is InChI=1S/C16H19Cl/c17-15-4-2-1-3-14(15)16-8-11-5-12(9-16)7-13(6-11)10-16/h1-4,11-13H,5-10H2. The molecular weight excluding hydrogens is 228 g/mol. The van der Waals surface area contributed by atoms with Crippen LogP contribution in [0.4, 0.5) is 0 Å². The molecule has 4 aliphatic rings. The molecule has 0 atom stereocenters. The van der Waals surface area contributed by atoms with Gasteiger partial charge in [-0.2, -0.15) is 0 Å². The van der Waals surface area contributed by atoms with Crippen molar-refractivity contribution in [3.8, 4) is 0 Å². The first-order chi connectivity index (χ1) is 8.25. The van der Waals surface area contributed by atoms with E-state index < -0.39 is 0 Å². The van der Waals surface area contributed by atoms with E-state index >= 15 is 0 Å². The van der Waals surface area contributed by atoms with Gasteiger partial charge in [-0.1, -0.05) is 29.8 Å². The Kier molecular flexibility index (Phi) is 2.15. The number of halogens is 1. The summed E-state index contributed by atoms with van der Waals surface area (Å²) in [7, 11) is 0. The van der Waals surface area contributed by atoms with Crippen LogP contribution in [0.5, 0.6) is 0 Å². The van der Waals surface area contributed by atoms with E-state index in [-0.39, 0.29) is 0 Å². The van der Waals surface area contributed by atoms with Crippen molar-refractivity contribution in [2.45, 2.75) is 43.9 Å². The molecule has 0 N–H and O–H groups in total. The Balaban J connectivity index is 1.80. The van der Waals surface area contributed by atoms with Gasteiger partial charge in [0, 0.05) is 5.02 Å². The predicted octanol–water partition coefficient (Wildman–Crippen LogP) is 4.81. The van der Waals surface area contributed by atoms with Gasteiger partial charge in [0.25, 0.3) is 0 Å². The minimum Gasteiger partial charge on any atom is -0.0840 e. The van der Waals surface area contributed by atoms with Crippen molar-refractivity contribution in [2.24, 2.45) is 17.8 Å². The molecule has 17 heavy (non-hydrogen) atoms. The molecule has 0 heterocycles. The first-order valence-corrected chi connectivity index (χ1v) is 7.38. The molecule has 1 heteroatoms. The van der Waals surface area contributed by atoms with Crippen LogP contribution in [0, 0.1) is 17.8 Å². The third-order valence-electron chi connectivity index (χ3n) is 5.48. The topological polar surface area (TPSA) is 0 Å². The zero-order valence-electron chi connectivity index (χ0n) is 10.2. The van der Waals surface area contributed by atoms with Gasteiger partial charge in [0.15, 0.2) is 0 Å². The second kappa shape index (κ2) is 3.51. The normalized spacial score (nSPS) is 43.0. The molecule has 5 rings (SSSR count). The van der Waals surface area contributed by atoms with E-state index in [0.29, 0.717) is 5.41 Å². The summed E-state index contributed by atoms with van der Waals surface area (Å²) in [6.45, 7) is 0. The Bertz CT molecular complexity index is 413. The molecule has 90 valence electrons. The van der Waals surface area contributed by atoms with Gasteiger partial charge in [0.1, 0.15) is 0 Å². The van der Waals surface area contributed by atoms with Gasteiger partial charge < -0.3 is 0 Å². The molecular formula is C16H19Cl. The fraction of sp³-hybridized carbons (Fsp3) is 0.625. The second-order valence-electron chi connectivity index (χ2n) is 6.68. The molecule has 1 aromatic carbocycles. The van der Waals surface area contributed by atoms with E-state index in [2.05, 4.69) is 24.3 Å². The lowest BCUT2D eigenvalue weighted by atomic mass is 9.48. The summed E-state index contributed by atoms with van der Waals surface area (Å²) in [5.74, 6) is 2.99. The van der Waals surface area contributed by atoms with Crippen molar-refractivity contribution in [3.63, 3.8) is 0 Å². The van der Waals surface area contributed by atoms with Gasteiger partial charge in [-0.3, -0.25) is 0 Å². The van der Waals surface area contributed by atoms with Crippen LogP contribution in [0.3, 0.4) is 0 Å². The van der Waals surface area contributed by atoms with Crippen molar-refractivity contribution in [2.75, 3.05) is 0 Å². The summed E-state index contributed by atoms with van der Waals surface area (Å²) in [4.78, 5) is 0. The predicted molar refractivity (Wildman–Crippen MR) is 71.3 cm³/mol. The highest BCUT2D eigenvalue weighted by atomic mass is 35.5. The first-order valence-electron chi connectivity index (χ1n) is 7.00. The van der Waals surface area contributed by atoms with Crippen LogP contribution >= 0.6 is 11.6 Å². The SMILES string of the molecule is Clc1ccccc1C12CC3CC(CC(C3)C1)C2. The highest BCUT2D eigenvalue weighted by molar-refractivity contribution is 6.31. The lowest BCUT2D eigenvalue weighted by Gasteiger charge is -2.57. The third-order valence-corrected chi connectivity index (χ3v) is 5.81. The summed E-state index contributed by atoms with van der Waals surface area (Å²) >= 11 is 6.46. The van der Waals surface area contributed by atoms with Crippen molar-refractivity contribution in [1.29, 1.82) is 0 Å². The highest BCUT2D eigenvalue weighted by Gasteiger charge is 2.51. The van der Waals surface area contributed by atoms with Crippen LogP contribution in [0.1, 0.15) is 44.1 Å². The van der Waals surface area contributed by atoms with Crippen LogP contribution in [0.25, 0.3) is 0 Å². The lowest BCUT2D eigenvalue weighted by Crippen LogP contribution is -2.48. The van der Waals surface area contributed by atoms with Crippen molar-refractivity contribution in [1.82, 2.24) is 0 Å². The quantitative estimate of drug-likeness (QED) is 0.667. The minimum atomic E-state index is 0.451. The molecule has 0 amide bonds. The average Bonchev–Trinajstić information content (AvgIpc) is 2.27. The molecule has 0 aliphatic heterocycles. The van der Waals surface area contributed by atoms with Gasteiger partial charge in [-0.25, -0.2) is 0 Å². The fourth-order valence-electron chi connectivity index (χ4n) is 5.33. The molecule has 4 fully saturated rings. The van der Waals surface area contributed by atoms with E-state index in [4.69, 9.17) is 11.6 Å². The number of hydrogen-bond acceptors (Lipinski definition) is 0. The van der Waals surface area contributed by atoms with E-state index in [9.17, 15) is 0 Å². The first kappa shape index (κ1) is 10.4.